The number of esters is 1. The SMILES string of the molecule is CCCC(O)COC(=O)C(C)C(C)C. The van der Waals surface area contributed by atoms with Crippen LogP contribution >= 0.6 is 0 Å². The summed E-state index contributed by atoms with van der Waals surface area (Å²) in [4.78, 5) is 11.4. The van der Waals surface area contributed by atoms with Crippen molar-refractivity contribution in [2.45, 2.75) is 46.6 Å². The molecule has 0 rings (SSSR count). The standard InChI is InChI=1S/C11H22O3/c1-5-6-10(12)7-14-11(13)9(4)8(2)3/h8-10,12H,5-7H2,1-4H3. The van der Waals surface area contributed by atoms with Crippen LogP contribution in [-0.2, 0) is 9.53 Å². The second-order valence-corrected chi connectivity index (χ2v) is 4.11. The highest BCUT2D eigenvalue weighted by atomic mass is 16.5. The number of hydrogen-bond donors (Lipinski definition) is 1. The molecule has 0 aromatic rings. The summed E-state index contributed by atoms with van der Waals surface area (Å²) in [5.74, 6) is -0.0233. The molecule has 0 aromatic carbocycles. The molecule has 2 atom stereocenters. The molecule has 3 nitrogen and oxygen atoms in total. The maximum atomic E-state index is 11.4. The molecular formula is C11H22O3. The summed E-state index contributed by atoms with van der Waals surface area (Å²) in [6, 6.07) is 0. The molecule has 3 heteroatoms. The predicted molar refractivity (Wildman–Crippen MR) is 55.9 cm³/mol. The van der Waals surface area contributed by atoms with Crippen LogP contribution in [-0.4, -0.2) is 23.8 Å². The average molecular weight is 202 g/mol. The molecule has 0 radical (unpaired) electrons. The molecule has 14 heavy (non-hydrogen) atoms. The van der Waals surface area contributed by atoms with E-state index in [1.165, 1.54) is 0 Å². The van der Waals surface area contributed by atoms with E-state index >= 15 is 0 Å². The number of aliphatic hydroxyl groups excluding tert-OH is 1. The van der Waals surface area contributed by atoms with Crippen LogP contribution in [0.25, 0.3) is 0 Å². The van der Waals surface area contributed by atoms with Crippen molar-refractivity contribution >= 4 is 5.97 Å². The molecule has 0 aliphatic heterocycles. The van der Waals surface area contributed by atoms with Gasteiger partial charge in [0, 0.05) is 0 Å². The summed E-state index contributed by atoms with van der Waals surface area (Å²) in [7, 11) is 0. The highest BCUT2D eigenvalue weighted by Gasteiger charge is 2.18. The number of carbonyl (C=O) groups excluding carboxylic acids is 1. The molecule has 0 aliphatic rings. The number of ether oxygens (including phenoxy) is 1. The fourth-order valence-corrected chi connectivity index (χ4v) is 0.998. The van der Waals surface area contributed by atoms with Gasteiger partial charge in [-0.2, -0.15) is 0 Å². The zero-order chi connectivity index (χ0) is 11.1. The minimum absolute atomic E-state index is 0.0937. The molecule has 0 saturated heterocycles. The fourth-order valence-electron chi connectivity index (χ4n) is 0.998. The molecule has 0 saturated carbocycles. The molecule has 84 valence electrons. The zero-order valence-electron chi connectivity index (χ0n) is 9.62. The quantitative estimate of drug-likeness (QED) is 0.670. The van der Waals surface area contributed by atoms with Gasteiger partial charge in [-0.25, -0.2) is 0 Å². The highest BCUT2D eigenvalue weighted by Crippen LogP contribution is 2.11. The number of hydrogen-bond acceptors (Lipinski definition) is 3. The van der Waals surface area contributed by atoms with E-state index in [1.54, 1.807) is 0 Å². The van der Waals surface area contributed by atoms with Crippen LogP contribution in [0.1, 0.15) is 40.5 Å². The summed E-state index contributed by atoms with van der Waals surface area (Å²) < 4.78 is 4.99. The van der Waals surface area contributed by atoms with Crippen molar-refractivity contribution in [2.75, 3.05) is 6.61 Å². The van der Waals surface area contributed by atoms with Crippen LogP contribution in [0.2, 0.25) is 0 Å². The topological polar surface area (TPSA) is 46.5 Å². The Kier molecular flexibility index (Phi) is 6.54. The summed E-state index contributed by atoms with van der Waals surface area (Å²) in [6.45, 7) is 7.92. The van der Waals surface area contributed by atoms with Crippen molar-refractivity contribution in [2.24, 2.45) is 11.8 Å². The van der Waals surface area contributed by atoms with Crippen LogP contribution in [0.3, 0.4) is 0 Å². The average Bonchev–Trinajstić information content (AvgIpc) is 2.13. The van der Waals surface area contributed by atoms with Crippen LogP contribution < -0.4 is 0 Å². The van der Waals surface area contributed by atoms with Gasteiger partial charge in [0.1, 0.15) is 6.61 Å². The lowest BCUT2D eigenvalue weighted by atomic mass is 9.99. The lowest BCUT2D eigenvalue weighted by Gasteiger charge is -2.16. The van der Waals surface area contributed by atoms with E-state index in [-0.39, 0.29) is 24.4 Å². The third-order valence-electron chi connectivity index (χ3n) is 2.41. The van der Waals surface area contributed by atoms with Gasteiger partial charge in [-0.1, -0.05) is 34.1 Å². The number of carbonyl (C=O) groups is 1. The van der Waals surface area contributed by atoms with E-state index in [4.69, 9.17) is 4.74 Å². The van der Waals surface area contributed by atoms with Gasteiger partial charge in [-0.05, 0) is 12.3 Å². The van der Waals surface area contributed by atoms with E-state index in [9.17, 15) is 9.90 Å². The Hall–Kier alpha value is -0.570. The van der Waals surface area contributed by atoms with Crippen molar-refractivity contribution in [3.8, 4) is 0 Å². The molecule has 0 spiro atoms. The number of aliphatic hydroxyl groups is 1. The minimum Gasteiger partial charge on any atom is -0.463 e. The lowest BCUT2D eigenvalue weighted by molar-refractivity contribution is -0.152. The Labute approximate surface area is 86.5 Å². The third-order valence-corrected chi connectivity index (χ3v) is 2.41. The van der Waals surface area contributed by atoms with Crippen LogP contribution in [0.4, 0.5) is 0 Å². The smallest absolute Gasteiger partial charge is 0.308 e. The summed E-state index contributed by atoms with van der Waals surface area (Å²) in [5.41, 5.74) is 0. The van der Waals surface area contributed by atoms with Gasteiger partial charge in [-0.3, -0.25) is 4.79 Å². The van der Waals surface area contributed by atoms with Gasteiger partial charge >= 0.3 is 5.97 Å². The molecule has 0 fully saturated rings. The Morgan fingerprint density at radius 2 is 1.93 bits per heavy atom. The van der Waals surface area contributed by atoms with Gasteiger partial charge < -0.3 is 9.84 Å². The second kappa shape index (κ2) is 6.82. The van der Waals surface area contributed by atoms with E-state index in [2.05, 4.69) is 0 Å². The normalized spacial score (nSPS) is 15.3. The molecule has 0 bridgehead atoms. The van der Waals surface area contributed by atoms with Gasteiger partial charge in [0.05, 0.1) is 12.0 Å². The lowest BCUT2D eigenvalue weighted by Crippen LogP contribution is -2.24. The predicted octanol–water partition coefficient (Wildman–Crippen LogP) is 1.98. The van der Waals surface area contributed by atoms with Crippen molar-refractivity contribution in [3.63, 3.8) is 0 Å². The maximum absolute atomic E-state index is 11.4. The third kappa shape index (κ3) is 5.22. The van der Waals surface area contributed by atoms with Crippen LogP contribution in [0.5, 0.6) is 0 Å². The van der Waals surface area contributed by atoms with Crippen molar-refractivity contribution in [1.82, 2.24) is 0 Å². The van der Waals surface area contributed by atoms with Crippen molar-refractivity contribution < 1.29 is 14.6 Å². The largest absolute Gasteiger partial charge is 0.463 e. The molecular weight excluding hydrogens is 180 g/mol. The molecule has 0 aromatic heterocycles. The molecule has 0 aliphatic carbocycles. The molecule has 1 N–H and O–H groups in total. The van der Waals surface area contributed by atoms with E-state index in [1.807, 2.05) is 27.7 Å². The summed E-state index contributed by atoms with van der Waals surface area (Å²) in [5, 5.41) is 9.34. The zero-order valence-corrected chi connectivity index (χ0v) is 9.62. The Balaban J connectivity index is 3.73. The molecule has 0 heterocycles. The van der Waals surface area contributed by atoms with Crippen molar-refractivity contribution in [1.29, 1.82) is 0 Å². The van der Waals surface area contributed by atoms with Gasteiger partial charge in [0.25, 0.3) is 0 Å². The monoisotopic (exact) mass is 202 g/mol. The first kappa shape index (κ1) is 13.4. The number of rotatable bonds is 6. The first-order valence-corrected chi connectivity index (χ1v) is 5.33. The summed E-state index contributed by atoms with van der Waals surface area (Å²) >= 11 is 0. The maximum Gasteiger partial charge on any atom is 0.308 e. The van der Waals surface area contributed by atoms with Gasteiger partial charge in [0.2, 0.25) is 0 Å². The van der Waals surface area contributed by atoms with E-state index < -0.39 is 6.10 Å². The second-order valence-electron chi connectivity index (χ2n) is 4.11. The fraction of sp³-hybridized carbons (Fsp3) is 0.909. The van der Waals surface area contributed by atoms with Gasteiger partial charge in [0.15, 0.2) is 0 Å². The first-order chi connectivity index (χ1) is 6.49. The molecule has 2 unspecified atom stereocenters. The summed E-state index contributed by atoms with van der Waals surface area (Å²) in [6.07, 6.45) is 1.07. The first-order valence-electron chi connectivity index (χ1n) is 5.33. The van der Waals surface area contributed by atoms with Crippen LogP contribution in [0.15, 0.2) is 0 Å². The van der Waals surface area contributed by atoms with Gasteiger partial charge in [-0.15, -0.1) is 0 Å². The van der Waals surface area contributed by atoms with E-state index in [0.717, 1.165) is 6.42 Å². The Morgan fingerprint density at radius 1 is 1.36 bits per heavy atom. The van der Waals surface area contributed by atoms with Crippen molar-refractivity contribution in [3.05, 3.63) is 0 Å². The molecule has 0 amide bonds. The Bertz CT molecular complexity index is 166. The van der Waals surface area contributed by atoms with E-state index in [0.29, 0.717) is 6.42 Å². The highest BCUT2D eigenvalue weighted by molar-refractivity contribution is 5.72. The Morgan fingerprint density at radius 3 is 2.36 bits per heavy atom. The minimum atomic E-state index is -0.511. The van der Waals surface area contributed by atoms with Crippen LogP contribution in [0, 0.1) is 11.8 Å².